The van der Waals surface area contributed by atoms with Crippen molar-refractivity contribution >= 4 is 45.0 Å². The minimum Gasteiger partial charge on any atom is -0.341 e. The Morgan fingerprint density at radius 3 is 2.67 bits per heavy atom. The molecule has 0 bridgehead atoms. The molecule has 0 aliphatic rings. The minimum atomic E-state index is 0.0566. The van der Waals surface area contributed by atoms with Crippen LogP contribution in [0.5, 0.6) is 0 Å². The number of benzene rings is 2. The predicted octanol–water partition coefficient (Wildman–Crippen LogP) is 5.77. The smallest absolute Gasteiger partial charge is 0.195 e. The molecule has 2 aromatic carbocycles. The molecule has 0 atom stereocenters. The first kappa shape index (κ1) is 14.9. The zero-order valence-electron chi connectivity index (χ0n) is 13.4. The van der Waals surface area contributed by atoms with E-state index in [0.717, 1.165) is 17.0 Å². The number of nitrogens with zero attached hydrogens (tertiary/aromatic N) is 1. The maximum atomic E-state index is 12.1. The second-order valence-corrected chi connectivity index (χ2v) is 6.66. The summed E-state index contributed by atoms with van der Waals surface area (Å²) < 4.78 is 2.33. The van der Waals surface area contributed by atoms with Gasteiger partial charge in [-0.25, -0.2) is 0 Å². The van der Waals surface area contributed by atoms with Crippen molar-refractivity contribution in [3.63, 3.8) is 0 Å². The number of hydrogen-bond acceptors (Lipinski definition) is 2. The zero-order chi connectivity index (χ0) is 16.5. The summed E-state index contributed by atoms with van der Waals surface area (Å²) >= 11 is 1.47. The number of carbonyl (C=O) groups is 1. The Hall–Kier alpha value is -2.65. The van der Waals surface area contributed by atoms with Crippen LogP contribution < -0.4 is 0 Å². The molecule has 24 heavy (non-hydrogen) atoms. The molecule has 0 N–H and O–H groups in total. The standard InChI is InChI=1S/C21H17NOS/c1-2-22-18-7-4-3-6-16(18)17-14-15(9-11-19(17)22)10-12-20(23)21-8-5-13-24-21/h3-14H,2H2,1H3/b12-10+. The summed E-state index contributed by atoms with van der Waals surface area (Å²) in [6.07, 6.45) is 3.56. The van der Waals surface area contributed by atoms with Crippen LogP contribution in [0.2, 0.25) is 0 Å². The van der Waals surface area contributed by atoms with Crippen molar-refractivity contribution in [3.05, 3.63) is 76.5 Å². The summed E-state index contributed by atoms with van der Waals surface area (Å²) in [7, 11) is 0. The minimum absolute atomic E-state index is 0.0566. The van der Waals surface area contributed by atoms with E-state index in [1.807, 2.05) is 23.6 Å². The molecule has 118 valence electrons. The van der Waals surface area contributed by atoms with E-state index in [9.17, 15) is 4.79 Å². The highest BCUT2D eigenvalue weighted by Crippen LogP contribution is 2.30. The Kier molecular flexibility index (Phi) is 3.79. The van der Waals surface area contributed by atoms with Crippen LogP contribution in [0.1, 0.15) is 22.2 Å². The molecular weight excluding hydrogens is 314 g/mol. The first-order valence-electron chi connectivity index (χ1n) is 8.05. The molecule has 2 aromatic heterocycles. The van der Waals surface area contributed by atoms with Crippen LogP contribution in [-0.4, -0.2) is 10.4 Å². The molecule has 0 aliphatic carbocycles. The molecule has 2 nitrogen and oxygen atoms in total. The molecule has 0 unspecified atom stereocenters. The number of rotatable bonds is 4. The lowest BCUT2D eigenvalue weighted by atomic mass is 10.1. The number of aromatic nitrogens is 1. The number of allylic oxidation sites excluding steroid dienone is 1. The molecule has 4 aromatic rings. The Balaban J connectivity index is 1.78. The summed E-state index contributed by atoms with van der Waals surface area (Å²) in [5.74, 6) is 0.0566. The maximum absolute atomic E-state index is 12.1. The summed E-state index contributed by atoms with van der Waals surface area (Å²) in [5, 5.41) is 4.42. The quantitative estimate of drug-likeness (QED) is 0.343. The number of ketones is 1. The molecule has 0 saturated carbocycles. The number of aryl methyl sites for hydroxylation is 1. The van der Waals surface area contributed by atoms with Crippen molar-refractivity contribution in [1.82, 2.24) is 4.57 Å². The van der Waals surface area contributed by atoms with E-state index in [1.165, 1.54) is 33.1 Å². The van der Waals surface area contributed by atoms with Gasteiger partial charge in [-0.1, -0.05) is 36.4 Å². The second kappa shape index (κ2) is 6.10. The van der Waals surface area contributed by atoms with Gasteiger partial charge in [0.15, 0.2) is 5.78 Å². The molecule has 3 heteroatoms. The molecule has 0 radical (unpaired) electrons. The fourth-order valence-corrected chi connectivity index (χ4v) is 3.83. The number of hydrogen-bond donors (Lipinski definition) is 0. The Labute approximate surface area is 144 Å². The van der Waals surface area contributed by atoms with E-state index in [1.54, 1.807) is 6.08 Å². The molecule has 2 heterocycles. The number of fused-ring (bicyclic) bond motifs is 3. The first-order valence-corrected chi connectivity index (χ1v) is 8.93. The van der Waals surface area contributed by atoms with Crippen molar-refractivity contribution < 1.29 is 4.79 Å². The number of thiophene rings is 1. The van der Waals surface area contributed by atoms with E-state index in [2.05, 4.69) is 54.0 Å². The van der Waals surface area contributed by atoms with Crippen LogP contribution in [0.4, 0.5) is 0 Å². The van der Waals surface area contributed by atoms with Crippen molar-refractivity contribution in [3.8, 4) is 0 Å². The van der Waals surface area contributed by atoms with E-state index in [-0.39, 0.29) is 5.78 Å². The van der Waals surface area contributed by atoms with Crippen LogP contribution in [0.3, 0.4) is 0 Å². The van der Waals surface area contributed by atoms with Crippen LogP contribution in [0, 0.1) is 0 Å². The van der Waals surface area contributed by atoms with Gasteiger partial charge < -0.3 is 4.57 Å². The molecule has 4 rings (SSSR count). The van der Waals surface area contributed by atoms with Crippen molar-refractivity contribution in [2.75, 3.05) is 0 Å². The number of para-hydroxylation sites is 1. The lowest BCUT2D eigenvalue weighted by Crippen LogP contribution is -1.92. The fourth-order valence-electron chi connectivity index (χ4n) is 3.19. The molecule has 0 fully saturated rings. The summed E-state index contributed by atoms with van der Waals surface area (Å²) in [6, 6.07) is 18.6. The van der Waals surface area contributed by atoms with Gasteiger partial charge in [0.05, 0.1) is 4.88 Å². The van der Waals surface area contributed by atoms with E-state index in [0.29, 0.717) is 0 Å². The van der Waals surface area contributed by atoms with Crippen molar-refractivity contribution in [2.45, 2.75) is 13.5 Å². The van der Waals surface area contributed by atoms with Gasteiger partial charge in [0.2, 0.25) is 0 Å². The average Bonchev–Trinajstić information content (AvgIpc) is 3.25. The van der Waals surface area contributed by atoms with Gasteiger partial charge in [-0.2, -0.15) is 0 Å². The van der Waals surface area contributed by atoms with Crippen molar-refractivity contribution in [1.29, 1.82) is 0 Å². The van der Waals surface area contributed by atoms with Gasteiger partial charge in [0, 0.05) is 28.4 Å². The van der Waals surface area contributed by atoms with E-state index < -0.39 is 0 Å². The highest BCUT2D eigenvalue weighted by Gasteiger charge is 2.09. The topological polar surface area (TPSA) is 22.0 Å². The first-order chi connectivity index (χ1) is 11.8. The maximum Gasteiger partial charge on any atom is 0.195 e. The normalized spacial score (nSPS) is 11.7. The van der Waals surface area contributed by atoms with Crippen LogP contribution in [-0.2, 0) is 6.54 Å². The van der Waals surface area contributed by atoms with Crippen LogP contribution in [0.15, 0.2) is 66.1 Å². The highest BCUT2D eigenvalue weighted by molar-refractivity contribution is 7.12. The monoisotopic (exact) mass is 331 g/mol. The number of carbonyl (C=O) groups excluding carboxylic acids is 1. The SMILES string of the molecule is CCn1c2ccccc2c2cc(/C=C/C(=O)c3cccs3)ccc21. The Bertz CT molecular complexity index is 1050. The molecular formula is C21H17NOS. The molecule has 0 aliphatic heterocycles. The van der Waals surface area contributed by atoms with Crippen LogP contribution in [0.25, 0.3) is 27.9 Å². The summed E-state index contributed by atoms with van der Waals surface area (Å²) in [4.78, 5) is 12.9. The third kappa shape index (κ3) is 2.47. The largest absolute Gasteiger partial charge is 0.341 e. The second-order valence-electron chi connectivity index (χ2n) is 5.71. The lowest BCUT2D eigenvalue weighted by Gasteiger charge is -2.02. The van der Waals surface area contributed by atoms with Gasteiger partial charge in [-0.05, 0) is 48.2 Å². The average molecular weight is 331 g/mol. The lowest BCUT2D eigenvalue weighted by molar-refractivity contribution is 0.105. The Morgan fingerprint density at radius 1 is 1.04 bits per heavy atom. The molecule has 0 saturated heterocycles. The third-order valence-corrected chi connectivity index (χ3v) is 5.19. The molecule has 0 spiro atoms. The van der Waals surface area contributed by atoms with E-state index in [4.69, 9.17) is 0 Å². The summed E-state index contributed by atoms with van der Waals surface area (Å²) in [5.41, 5.74) is 3.54. The van der Waals surface area contributed by atoms with Crippen molar-refractivity contribution in [2.24, 2.45) is 0 Å². The van der Waals surface area contributed by atoms with E-state index >= 15 is 0 Å². The van der Waals surface area contributed by atoms with Gasteiger partial charge in [0.1, 0.15) is 0 Å². The van der Waals surface area contributed by atoms with Gasteiger partial charge >= 0.3 is 0 Å². The summed E-state index contributed by atoms with van der Waals surface area (Å²) in [6.45, 7) is 3.11. The van der Waals surface area contributed by atoms with Crippen LogP contribution >= 0.6 is 11.3 Å². The Morgan fingerprint density at radius 2 is 1.88 bits per heavy atom. The third-order valence-electron chi connectivity index (χ3n) is 4.30. The van der Waals surface area contributed by atoms with Gasteiger partial charge in [0.25, 0.3) is 0 Å². The zero-order valence-corrected chi connectivity index (χ0v) is 14.2. The van der Waals surface area contributed by atoms with Gasteiger partial charge in [-0.3, -0.25) is 4.79 Å². The predicted molar refractivity (Wildman–Crippen MR) is 103 cm³/mol. The molecule has 0 amide bonds. The fraction of sp³-hybridized carbons (Fsp3) is 0.0952. The highest BCUT2D eigenvalue weighted by atomic mass is 32.1. The van der Waals surface area contributed by atoms with Gasteiger partial charge in [-0.15, -0.1) is 11.3 Å².